The van der Waals surface area contributed by atoms with Gasteiger partial charge in [-0.1, -0.05) is 72.1 Å². The normalized spacial score (nSPS) is 15.2. The van der Waals surface area contributed by atoms with Crippen molar-refractivity contribution in [3.63, 3.8) is 0 Å². The zero-order valence-electron chi connectivity index (χ0n) is 15.5. The number of hydrogen-bond acceptors (Lipinski definition) is 6. The SMILES string of the molecule is O=C(O)c1cccc(N2C(=O)/C(=C/c3ccc(SCc4ccccc4)o3)SC2=S)c1. The van der Waals surface area contributed by atoms with E-state index in [1.807, 2.05) is 30.3 Å². The third-order valence-corrected chi connectivity index (χ3v) is 6.53. The molecule has 1 aromatic heterocycles. The zero-order valence-corrected chi connectivity index (χ0v) is 17.9. The van der Waals surface area contributed by atoms with E-state index in [1.54, 1.807) is 30.0 Å². The molecule has 1 N–H and O–H groups in total. The van der Waals surface area contributed by atoms with E-state index in [4.69, 9.17) is 16.6 Å². The molecule has 1 amide bonds. The lowest BCUT2D eigenvalue weighted by Gasteiger charge is -2.14. The number of rotatable bonds is 6. The minimum absolute atomic E-state index is 0.0941. The van der Waals surface area contributed by atoms with Crippen LogP contribution in [0.2, 0.25) is 0 Å². The Morgan fingerprint density at radius 2 is 1.93 bits per heavy atom. The Labute approximate surface area is 186 Å². The molecule has 0 unspecified atom stereocenters. The number of carbonyl (C=O) groups is 2. The maximum absolute atomic E-state index is 12.9. The van der Waals surface area contributed by atoms with Crippen molar-refractivity contribution in [3.8, 4) is 0 Å². The van der Waals surface area contributed by atoms with Crippen molar-refractivity contribution in [1.29, 1.82) is 0 Å². The summed E-state index contributed by atoms with van der Waals surface area (Å²) in [5.41, 5.74) is 1.72. The number of hydrogen-bond donors (Lipinski definition) is 1. The summed E-state index contributed by atoms with van der Waals surface area (Å²) >= 11 is 8.08. The Balaban J connectivity index is 1.49. The number of anilines is 1. The summed E-state index contributed by atoms with van der Waals surface area (Å²) in [5, 5.41) is 9.94. The van der Waals surface area contributed by atoms with Crippen molar-refractivity contribution in [3.05, 3.63) is 88.5 Å². The van der Waals surface area contributed by atoms with Gasteiger partial charge in [0.1, 0.15) is 5.76 Å². The molecule has 0 bridgehead atoms. The fourth-order valence-corrected chi connectivity index (χ4v) is 4.92. The van der Waals surface area contributed by atoms with Gasteiger partial charge in [-0.15, -0.1) is 0 Å². The number of carboxylic acid groups (broad SMARTS) is 1. The summed E-state index contributed by atoms with van der Waals surface area (Å²) in [4.78, 5) is 25.9. The topological polar surface area (TPSA) is 70.8 Å². The summed E-state index contributed by atoms with van der Waals surface area (Å²) in [6.07, 6.45) is 1.66. The maximum Gasteiger partial charge on any atom is 0.335 e. The van der Waals surface area contributed by atoms with Crippen LogP contribution >= 0.6 is 35.7 Å². The third-order valence-electron chi connectivity index (χ3n) is 4.24. The molecule has 0 radical (unpaired) electrons. The number of amides is 1. The van der Waals surface area contributed by atoms with Crippen LogP contribution in [0, 0.1) is 0 Å². The first-order valence-corrected chi connectivity index (χ1v) is 11.1. The largest absolute Gasteiger partial charge is 0.478 e. The molecule has 150 valence electrons. The summed E-state index contributed by atoms with van der Waals surface area (Å²) in [5.74, 6) is -0.0164. The molecule has 1 aliphatic rings. The van der Waals surface area contributed by atoms with Crippen LogP contribution in [0.25, 0.3) is 6.08 Å². The molecule has 2 heterocycles. The van der Waals surface area contributed by atoms with Crippen LogP contribution in [0.4, 0.5) is 5.69 Å². The molecule has 3 aromatic rings. The predicted octanol–water partition coefficient (Wildman–Crippen LogP) is 5.68. The highest BCUT2D eigenvalue weighted by Crippen LogP contribution is 2.37. The number of furan rings is 1. The van der Waals surface area contributed by atoms with E-state index in [2.05, 4.69) is 12.1 Å². The molecule has 8 heteroatoms. The molecule has 0 saturated carbocycles. The highest BCUT2D eigenvalue weighted by atomic mass is 32.2. The molecular formula is C22H15NO4S3. The van der Waals surface area contributed by atoms with Crippen molar-refractivity contribution >= 4 is 63.7 Å². The number of benzene rings is 2. The van der Waals surface area contributed by atoms with Crippen molar-refractivity contribution in [2.75, 3.05) is 4.90 Å². The first-order chi connectivity index (χ1) is 14.5. The lowest BCUT2D eigenvalue weighted by molar-refractivity contribution is -0.113. The number of carbonyl (C=O) groups excluding carboxylic acids is 1. The van der Waals surface area contributed by atoms with Crippen LogP contribution in [0.3, 0.4) is 0 Å². The second kappa shape index (κ2) is 8.91. The first kappa shape index (κ1) is 20.5. The molecule has 1 fully saturated rings. The Morgan fingerprint density at radius 3 is 2.70 bits per heavy atom. The second-order valence-electron chi connectivity index (χ2n) is 6.30. The number of thiocarbonyl (C=S) groups is 1. The lowest BCUT2D eigenvalue weighted by atomic mass is 10.2. The van der Waals surface area contributed by atoms with Gasteiger partial charge in [-0.2, -0.15) is 0 Å². The number of aromatic carboxylic acids is 1. The van der Waals surface area contributed by atoms with E-state index in [0.29, 0.717) is 20.7 Å². The van der Waals surface area contributed by atoms with Gasteiger partial charge in [0.2, 0.25) is 0 Å². The molecule has 4 rings (SSSR count). The first-order valence-electron chi connectivity index (χ1n) is 8.89. The van der Waals surface area contributed by atoms with E-state index in [9.17, 15) is 14.7 Å². The van der Waals surface area contributed by atoms with Gasteiger partial charge in [-0.05, 0) is 35.9 Å². The fourth-order valence-electron chi connectivity index (χ4n) is 2.82. The van der Waals surface area contributed by atoms with Crippen LogP contribution < -0.4 is 4.90 Å². The Hall–Kier alpha value is -2.81. The summed E-state index contributed by atoms with van der Waals surface area (Å²) in [6.45, 7) is 0. The van der Waals surface area contributed by atoms with Gasteiger partial charge in [-0.25, -0.2) is 4.79 Å². The predicted molar refractivity (Wildman–Crippen MR) is 124 cm³/mol. The van der Waals surface area contributed by atoms with Crippen LogP contribution in [-0.2, 0) is 10.5 Å². The van der Waals surface area contributed by atoms with Crippen molar-refractivity contribution < 1.29 is 19.1 Å². The zero-order chi connectivity index (χ0) is 21.1. The molecule has 30 heavy (non-hydrogen) atoms. The molecule has 0 atom stereocenters. The van der Waals surface area contributed by atoms with Gasteiger partial charge in [-0.3, -0.25) is 9.69 Å². The number of thioether (sulfide) groups is 2. The molecule has 1 aliphatic heterocycles. The van der Waals surface area contributed by atoms with Gasteiger partial charge in [0, 0.05) is 11.8 Å². The average Bonchev–Trinajstić information content (AvgIpc) is 3.31. The van der Waals surface area contributed by atoms with E-state index in [-0.39, 0.29) is 11.5 Å². The molecule has 5 nitrogen and oxygen atoms in total. The molecule has 0 spiro atoms. The van der Waals surface area contributed by atoms with E-state index in [1.165, 1.54) is 22.6 Å². The Morgan fingerprint density at radius 1 is 1.13 bits per heavy atom. The number of nitrogens with zero attached hydrogens (tertiary/aromatic N) is 1. The smallest absolute Gasteiger partial charge is 0.335 e. The second-order valence-corrected chi connectivity index (χ2v) is 8.96. The average molecular weight is 454 g/mol. The van der Waals surface area contributed by atoms with Gasteiger partial charge in [0.05, 0.1) is 16.2 Å². The summed E-state index contributed by atoms with van der Waals surface area (Å²) in [7, 11) is 0. The van der Waals surface area contributed by atoms with Crippen LogP contribution in [0.1, 0.15) is 21.7 Å². The minimum Gasteiger partial charge on any atom is -0.478 e. The minimum atomic E-state index is -1.06. The Kier molecular flexibility index (Phi) is 6.08. The van der Waals surface area contributed by atoms with Gasteiger partial charge < -0.3 is 9.52 Å². The van der Waals surface area contributed by atoms with Crippen molar-refractivity contribution in [2.45, 2.75) is 10.8 Å². The van der Waals surface area contributed by atoms with E-state index >= 15 is 0 Å². The van der Waals surface area contributed by atoms with E-state index in [0.717, 1.165) is 22.6 Å². The van der Waals surface area contributed by atoms with Gasteiger partial charge >= 0.3 is 5.97 Å². The van der Waals surface area contributed by atoms with Crippen LogP contribution in [-0.4, -0.2) is 21.3 Å². The highest BCUT2D eigenvalue weighted by Gasteiger charge is 2.33. The van der Waals surface area contributed by atoms with Crippen LogP contribution in [0.15, 0.2) is 81.1 Å². The molecule has 2 aromatic carbocycles. The number of carboxylic acids is 1. The summed E-state index contributed by atoms with van der Waals surface area (Å²) in [6, 6.07) is 19.9. The van der Waals surface area contributed by atoms with Crippen molar-refractivity contribution in [1.82, 2.24) is 0 Å². The van der Waals surface area contributed by atoms with Gasteiger partial charge in [0.15, 0.2) is 9.41 Å². The quantitative estimate of drug-likeness (QED) is 0.293. The van der Waals surface area contributed by atoms with Crippen LogP contribution in [0.5, 0.6) is 0 Å². The fraction of sp³-hybridized carbons (Fsp3) is 0.0455. The van der Waals surface area contributed by atoms with E-state index < -0.39 is 5.97 Å². The van der Waals surface area contributed by atoms with Crippen molar-refractivity contribution in [2.24, 2.45) is 0 Å². The van der Waals surface area contributed by atoms with Gasteiger partial charge in [0.25, 0.3) is 5.91 Å². The maximum atomic E-state index is 12.9. The molecule has 1 saturated heterocycles. The standard InChI is InChI=1S/C22H15NO4S3/c24-20-18(30-22(28)23(20)16-8-4-7-15(11-16)21(25)26)12-17-9-10-19(27-17)29-13-14-5-2-1-3-6-14/h1-12H,13H2,(H,25,26)/b18-12-. The Bertz CT molecular complexity index is 1150. The lowest BCUT2D eigenvalue weighted by Crippen LogP contribution is -2.27. The molecular weight excluding hydrogens is 438 g/mol. The molecule has 0 aliphatic carbocycles. The summed E-state index contributed by atoms with van der Waals surface area (Å²) < 4.78 is 6.17. The monoisotopic (exact) mass is 453 g/mol. The highest BCUT2D eigenvalue weighted by molar-refractivity contribution is 8.27. The third kappa shape index (κ3) is 4.51.